The fraction of sp³-hybridized carbons (Fsp3) is 0.750. The first-order chi connectivity index (χ1) is 14.9. The molecule has 0 rings (SSSR count). The number of aliphatic carboxylic acids is 1. The predicted octanol–water partition coefficient (Wildman–Crippen LogP) is -0.860. The van der Waals surface area contributed by atoms with Crippen LogP contribution in [0.3, 0.4) is 0 Å². The third-order valence-corrected chi connectivity index (χ3v) is 5.81. The average Bonchev–Trinajstić information content (AvgIpc) is 2.75. The third kappa shape index (κ3) is 9.86. The van der Waals surface area contributed by atoms with Crippen LogP contribution in [0.1, 0.15) is 53.4 Å². The molecule has 0 aromatic rings. The van der Waals surface area contributed by atoms with Gasteiger partial charge >= 0.3 is 5.97 Å². The van der Waals surface area contributed by atoms with Gasteiger partial charge in [0, 0.05) is 12.2 Å². The van der Waals surface area contributed by atoms with E-state index in [1.807, 2.05) is 13.8 Å². The molecule has 4 amide bonds. The summed E-state index contributed by atoms with van der Waals surface area (Å²) in [6.07, 6.45) is 0.780. The number of carbonyl (C=O) groups is 5. The summed E-state index contributed by atoms with van der Waals surface area (Å²) in [6, 6.07) is -4.30. The molecule has 0 aliphatic rings. The highest BCUT2D eigenvalue weighted by atomic mass is 32.1. The van der Waals surface area contributed by atoms with Crippen LogP contribution in [0.4, 0.5) is 0 Å². The van der Waals surface area contributed by atoms with E-state index in [-0.39, 0.29) is 30.4 Å². The number of carbonyl (C=O) groups excluding carboxylic acids is 4. The molecule has 11 nitrogen and oxygen atoms in total. The van der Waals surface area contributed by atoms with Gasteiger partial charge in [-0.1, -0.05) is 40.5 Å². The van der Waals surface area contributed by atoms with Crippen molar-refractivity contribution in [1.29, 1.82) is 0 Å². The van der Waals surface area contributed by atoms with Crippen molar-refractivity contribution in [2.45, 2.75) is 77.5 Å². The number of carboxylic acids is 1. The summed E-state index contributed by atoms with van der Waals surface area (Å²) in [5.41, 5.74) is 10.8. The third-order valence-electron chi connectivity index (χ3n) is 5.42. The van der Waals surface area contributed by atoms with Gasteiger partial charge in [0.15, 0.2) is 0 Å². The maximum absolute atomic E-state index is 12.9. The van der Waals surface area contributed by atoms with E-state index < -0.39 is 53.8 Å². The molecule has 0 heterocycles. The standard InChI is InChI=1S/C20H37N5O6S/c1-5-10(3)15(19(29)25-16(20(30)31)11(4)6-2)24-18(28)13(7-8-14(22)26)23-17(27)12(21)9-32/h10-13,15-16,32H,5-9,21H2,1-4H3,(H2,22,26)(H,23,27)(H,24,28)(H,25,29)(H,30,31). The summed E-state index contributed by atoms with van der Waals surface area (Å²) in [5.74, 6) is -4.45. The Morgan fingerprint density at radius 3 is 1.81 bits per heavy atom. The molecule has 0 spiro atoms. The van der Waals surface area contributed by atoms with Gasteiger partial charge in [-0.05, 0) is 18.3 Å². The van der Waals surface area contributed by atoms with Crippen LogP contribution >= 0.6 is 12.6 Å². The lowest BCUT2D eigenvalue weighted by atomic mass is 9.95. The maximum atomic E-state index is 12.9. The largest absolute Gasteiger partial charge is 0.480 e. The quantitative estimate of drug-likeness (QED) is 0.150. The molecule has 0 aromatic heterocycles. The fourth-order valence-corrected chi connectivity index (χ4v) is 2.96. The predicted molar refractivity (Wildman–Crippen MR) is 123 cm³/mol. The fourth-order valence-electron chi connectivity index (χ4n) is 2.80. The number of thiol groups is 1. The number of rotatable bonds is 15. The smallest absolute Gasteiger partial charge is 0.326 e. The minimum atomic E-state index is -1.17. The van der Waals surface area contributed by atoms with Crippen LogP contribution in [0.25, 0.3) is 0 Å². The molecular weight excluding hydrogens is 438 g/mol. The second-order valence-corrected chi connectivity index (χ2v) is 8.30. The number of amides is 4. The first-order valence-electron chi connectivity index (χ1n) is 10.7. The molecule has 0 bridgehead atoms. The van der Waals surface area contributed by atoms with E-state index in [1.54, 1.807) is 13.8 Å². The van der Waals surface area contributed by atoms with Gasteiger partial charge in [0.2, 0.25) is 23.6 Å². The van der Waals surface area contributed by atoms with Gasteiger partial charge in [-0.25, -0.2) is 4.79 Å². The Kier molecular flexibility index (Phi) is 13.6. The lowest BCUT2D eigenvalue weighted by Gasteiger charge is -2.29. The van der Waals surface area contributed by atoms with Crippen molar-refractivity contribution in [3.63, 3.8) is 0 Å². The van der Waals surface area contributed by atoms with Crippen LogP contribution in [-0.2, 0) is 24.0 Å². The molecule has 32 heavy (non-hydrogen) atoms. The Morgan fingerprint density at radius 1 is 0.875 bits per heavy atom. The Bertz CT molecular complexity index is 677. The zero-order valence-corrected chi connectivity index (χ0v) is 20.0. The van der Waals surface area contributed by atoms with Gasteiger partial charge in [-0.15, -0.1) is 0 Å². The highest BCUT2D eigenvalue weighted by Crippen LogP contribution is 2.13. The van der Waals surface area contributed by atoms with Gasteiger partial charge in [0.1, 0.15) is 18.1 Å². The Labute approximate surface area is 194 Å². The van der Waals surface area contributed by atoms with Gasteiger partial charge in [-0.3, -0.25) is 19.2 Å². The Hall–Kier alpha value is -2.34. The second-order valence-electron chi connectivity index (χ2n) is 7.94. The number of primary amides is 1. The van der Waals surface area contributed by atoms with Crippen LogP contribution in [0.15, 0.2) is 0 Å². The molecular formula is C20H37N5O6S. The topological polar surface area (TPSA) is 194 Å². The molecule has 0 saturated heterocycles. The lowest BCUT2D eigenvalue weighted by molar-refractivity contribution is -0.144. The van der Waals surface area contributed by atoms with Gasteiger partial charge < -0.3 is 32.5 Å². The van der Waals surface area contributed by atoms with E-state index >= 15 is 0 Å². The molecule has 184 valence electrons. The first kappa shape index (κ1) is 29.7. The van der Waals surface area contributed by atoms with E-state index in [4.69, 9.17) is 11.5 Å². The summed E-state index contributed by atoms with van der Waals surface area (Å²) in [4.78, 5) is 60.7. The molecule has 0 aliphatic heterocycles. The summed E-state index contributed by atoms with van der Waals surface area (Å²) in [5, 5.41) is 17.0. The van der Waals surface area contributed by atoms with Crippen LogP contribution in [0.2, 0.25) is 0 Å². The van der Waals surface area contributed by atoms with E-state index in [2.05, 4.69) is 28.6 Å². The molecule has 0 fully saturated rings. The highest BCUT2D eigenvalue weighted by Gasteiger charge is 2.34. The van der Waals surface area contributed by atoms with Crippen LogP contribution in [0, 0.1) is 11.8 Å². The highest BCUT2D eigenvalue weighted by molar-refractivity contribution is 7.80. The first-order valence-corrected chi connectivity index (χ1v) is 11.3. The minimum absolute atomic E-state index is 0.0417. The molecule has 8 N–H and O–H groups in total. The number of carboxylic acid groups (broad SMARTS) is 1. The molecule has 6 atom stereocenters. The summed E-state index contributed by atoms with van der Waals surface area (Å²) >= 11 is 3.95. The van der Waals surface area contributed by atoms with Crippen LogP contribution < -0.4 is 27.4 Å². The molecule has 0 aliphatic carbocycles. The summed E-state index contributed by atoms with van der Waals surface area (Å²) in [7, 11) is 0. The second kappa shape index (κ2) is 14.7. The van der Waals surface area contributed by atoms with Crippen molar-refractivity contribution >= 4 is 42.2 Å². The molecule has 0 radical (unpaired) electrons. The minimum Gasteiger partial charge on any atom is -0.480 e. The monoisotopic (exact) mass is 475 g/mol. The summed E-state index contributed by atoms with van der Waals surface area (Å²) in [6.45, 7) is 7.06. The zero-order valence-electron chi connectivity index (χ0n) is 19.1. The van der Waals surface area contributed by atoms with E-state index in [0.29, 0.717) is 12.8 Å². The van der Waals surface area contributed by atoms with Crippen molar-refractivity contribution in [1.82, 2.24) is 16.0 Å². The van der Waals surface area contributed by atoms with Gasteiger partial charge in [-0.2, -0.15) is 12.6 Å². The zero-order chi connectivity index (χ0) is 25.0. The van der Waals surface area contributed by atoms with E-state index in [1.165, 1.54) is 0 Å². The normalized spacial score (nSPS) is 16.6. The molecule has 12 heteroatoms. The van der Waals surface area contributed by atoms with Crippen molar-refractivity contribution in [3.8, 4) is 0 Å². The Balaban J connectivity index is 5.61. The Morgan fingerprint density at radius 2 is 1.38 bits per heavy atom. The molecule has 6 unspecified atom stereocenters. The molecule has 0 saturated carbocycles. The van der Waals surface area contributed by atoms with Crippen LogP contribution in [-0.4, -0.2) is 64.6 Å². The number of hydrogen-bond donors (Lipinski definition) is 7. The van der Waals surface area contributed by atoms with Crippen molar-refractivity contribution in [2.24, 2.45) is 23.3 Å². The van der Waals surface area contributed by atoms with Crippen LogP contribution in [0.5, 0.6) is 0 Å². The number of nitrogens with one attached hydrogen (secondary N) is 3. The van der Waals surface area contributed by atoms with Crippen molar-refractivity contribution < 1.29 is 29.1 Å². The van der Waals surface area contributed by atoms with Crippen molar-refractivity contribution in [3.05, 3.63) is 0 Å². The van der Waals surface area contributed by atoms with E-state index in [9.17, 15) is 29.1 Å². The maximum Gasteiger partial charge on any atom is 0.326 e. The van der Waals surface area contributed by atoms with Gasteiger partial charge in [0.25, 0.3) is 0 Å². The molecule has 0 aromatic carbocycles. The SMILES string of the molecule is CCC(C)C(NC(=O)C(NC(=O)C(CCC(N)=O)NC(=O)C(N)CS)C(C)CC)C(=O)O. The number of hydrogen-bond acceptors (Lipinski definition) is 7. The van der Waals surface area contributed by atoms with Crippen molar-refractivity contribution in [2.75, 3.05) is 5.75 Å². The number of nitrogens with two attached hydrogens (primary N) is 2. The van der Waals surface area contributed by atoms with Gasteiger partial charge in [0.05, 0.1) is 6.04 Å². The van der Waals surface area contributed by atoms with E-state index in [0.717, 1.165) is 0 Å². The average molecular weight is 476 g/mol. The summed E-state index contributed by atoms with van der Waals surface area (Å²) < 4.78 is 0. The lowest BCUT2D eigenvalue weighted by Crippen LogP contribution is -2.59.